The van der Waals surface area contributed by atoms with Gasteiger partial charge in [-0.25, -0.2) is 14.4 Å². The van der Waals surface area contributed by atoms with Gasteiger partial charge in [0, 0.05) is 185 Å². The summed E-state index contributed by atoms with van der Waals surface area (Å²) in [6.45, 7) is 17.2. The first-order chi connectivity index (χ1) is 60.9. The summed E-state index contributed by atoms with van der Waals surface area (Å²) in [5.41, 5.74) is 12.2. The van der Waals surface area contributed by atoms with Crippen LogP contribution in [0.15, 0.2) is 383 Å². The number of hydrogen-bond donors (Lipinski definition) is 2. The Balaban J connectivity index is 0.000000210. The van der Waals surface area contributed by atoms with Crippen molar-refractivity contribution in [2.75, 3.05) is 26.4 Å². The summed E-state index contributed by atoms with van der Waals surface area (Å²) >= 11 is 0. The molecule has 18 rings (SSSR count). The minimum Gasteiger partial charge on any atom is -0.512 e. The molecule has 0 bridgehead atoms. The molecule has 656 valence electrons. The van der Waals surface area contributed by atoms with Crippen LogP contribution < -0.4 is 0 Å². The topological polar surface area (TPSA) is 207 Å². The normalized spacial score (nSPS) is 11.2. The van der Waals surface area contributed by atoms with Gasteiger partial charge in [-0.2, -0.15) is 0 Å². The van der Waals surface area contributed by atoms with Crippen molar-refractivity contribution in [1.82, 2.24) is 29.1 Å². The Morgan fingerprint density at radius 2 is 0.662 bits per heavy atom. The maximum Gasteiger partial charge on any atom is 0.334 e. The van der Waals surface area contributed by atoms with Gasteiger partial charge in [0.1, 0.15) is 26.4 Å². The maximum absolute atomic E-state index is 13.1. The molecule has 0 spiro atoms. The summed E-state index contributed by atoms with van der Waals surface area (Å²) in [4.78, 5) is 64.0. The van der Waals surface area contributed by atoms with Gasteiger partial charge >= 0.3 is 23.9 Å². The molecule has 6 heterocycles. The van der Waals surface area contributed by atoms with Crippen molar-refractivity contribution in [2.24, 2.45) is 5.41 Å². The zero-order valence-electron chi connectivity index (χ0n) is 72.5. The Bertz CT molecular complexity index is 6230. The number of aliphatic hydroxyl groups excluding tert-OH is 2. The Hall–Kier alpha value is -12.2. The van der Waals surface area contributed by atoms with Crippen LogP contribution in [0.25, 0.3) is 138 Å². The number of para-hydroxylation sites is 4. The van der Waals surface area contributed by atoms with E-state index in [1.807, 2.05) is 246 Å². The molecule has 0 saturated heterocycles. The first-order valence-corrected chi connectivity index (χ1v) is 40.8. The van der Waals surface area contributed by atoms with Crippen molar-refractivity contribution >= 4 is 168 Å². The third kappa shape index (κ3) is 27.7. The average molecular weight is 2140 g/mol. The van der Waals surface area contributed by atoms with Crippen LogP contribution in [0, 0.1) is 29.7 Å². The van der Waals surface area contributed by atoms with Gasteiger partial charge < -0.3 is 58.2 Å². The standard InChI is InChI=1S/C25H29NO5.4C15H10N.C14H11N.C10H14O5.CH4.2Ir.K.V/c1-5-25(4,24(29)31-15-14-30-23(28)16-17(2)27)18(3)26-21-12-8-6-10-19(21)20-11-7-9-13-22(20)26;4*1-2-7-13(8-3-1)15-14-9-5-4-6-12(14)10-11-16-15;1-2-15-13-9-5-3-7-11(13)12-8-4-6-10-14(12)15;1-7(2)10(13)15-5-4-14-9(12)6-8(3)11;;;;;/h6-13,16,18,27H,5,14-15H2,1-4H3;4*1-7,9-11H;2-10H,1H2;6,11H,1,4-5H2,2-3H3;1H4;;;;/q;4*-1;;;;;;;. The smallest absolute Gasteiger partial charge is 0.334 e. The van der Waals surface area contributed by atoms with Gasteiger partial charge in [0.2, 0.25) is 0 Å². The summed E-state index contributed by atoms with van der Waals surface area (Å²) in [6.07, 6.45) is 11.7. The quantitative estimate of drug-likeness (QED) is 0.0156. The Kier molecular flexibility index (Phi) is 42.8. The van der Waals surface area contributed by atoms with Crippen molar-refractivity contribution < 1.29 is 107 Å². The van der Waals surface area contributed by atoms with Crippen molar-refractivity contribution in [3.63, 3.8) is 0 Å². The third-order valence-electron chi connectivity index (χ3n) is 20.6. The monoisotopic (exact) mass is 2140 g/mol. The second-order valence-corrected chi connectivity index (χ2v) is 29.0. The number of carbonyl (C=O) groups excluding carboxylic acids is 4. The van der Waals surface area contributed by atoms with E-state index >= 15 is 0 Å². The summed E-state index contributed by atoms with van der Waals surface area (Å²) in [6, 6.07) is 119. The number of carbonyl (C=O) groups is 4. The summed E-state index contributed by atoms with van der Waals surface area (Å²) in [5.74, 6) is -2.50. The molecule has 6 aromatic heterocycles. The predicted molar refractivity (Wildman–Crippen MR) is 516 cm³/mol. The zero-order valence-corrected chi connectivity index (χ0v) is 81.9. The van der Waals surface area contributed by atoms with Gasteiger partial charge in [-0.3, -0.25) is 4.79 Å². The number of ether oxygens (including phenoxy) is 4. The number of esters is 4. The fraction of sp³-hybridized carbons (Fsp3) is 0.127. The molecule has 12 aromatic carbocycles. The van der Waals surface area contributed by atoms with Crippen LogP contribution in [0.5, 0.6) is 0 Å². The fourth-order valence-electron chi connectivity index (χ4n) is 14.2. The predicted octanol–water partition coefficient (Wildman–Crippen LogP) is 25.4. The molecule has 0 amide bonds. The van der Waals surface area contributed by atoms with Crippen molar-refractivity contribution in [1.29, 1.82) is 0 Å². The van der Waals surface area contributed by atoms with Gasteiger partial charge in [-0.1, -0.05) is 197 Å². The number of benzene rings is 12. The van der Waals surface area contributed by atoms with Crippen LogP contribution in [0.1, 0.15) is 61.4 Å². The van der Waals surface area contributed by atoms with Crippen LogP contribution >= 0.6 is 0 Å². The Labute approximate surface area is 840 Å². The SMILES string of the molecule is C.C=C(C)C(=O)OCCOC(=O)C=C(C)O.C=Cn1c2ccccc2c2ccccc21.CCC(C)(C(=O)OCCOC(=O)C=C(C)O)C(C)n1c2ccccc2c2ccccc21.[Ir].[Ir].[K].[V].[c-]1ccccc1-c1nccc2ccccc12.[c-]1ccccc1-c1nccc2ccccc12.[c-]1ccccc1-c1nccc2ccccc12.[c-]1ccccc1-c1nccc2ccccc12. The van der Waals surface area contributed by atoms with E-state index in [2.05, 4.69) is 197 Å². The molecule has 0 saturated carbocycles. The van der Waals surface area contributed by atoms with Crippen LogP contribution in [0.4, 0.5) is 0 Å². The minimum atomic E-state index is -0.782. The third-order valence-corrected chi connectivity index (χ3v) is 20.6. The van der Waals surface area contributed by atoms with Crippen molar-refractivity contribution in [2.45, 2.75) is 61.4 Å². The Morgan fingerprint density at radius 1 is 0.400 bits per heavy atom. The number of hydrogen-bond acceptors (Lipinski definition) is 14. The molecule has 130 heavy (non-hydrogen) atoms. The van der Waals surface area contributed by atoms with E-state index in [1.165, 1.54) is 85.7 Å². The molecule has 18 aromatic rings. The molecule has 2 unspecified atom stereocenters. The molecule has 0 aliphatic heterocycles. The molecule has 16 nitrogen and oxygen atoms in total. The van der Waals surface area contributed by atoms with Crippen molar-refractivity contribution in [3.05, 3.63) is 407 Å². The van der Waals surface area contributed by atoms with Gasteiger partial charge in [0.25, 0.3) is 0 Å². The number of aromatic nitrogens is 6. The van der Waals surface area contributed by atoms with Crippen LogP contribution in [-0.2, 0) is 96.9 Å². The number of rotatable bonds is 18. The first kappa shape index (κ1) is 105. The van der Waals surface area contributed by atoms with Crippen molar-refractivity contribution in [3.8, 4) is 45.0 Å². The summed E-state index contributed by atoms with van der Waals surface area (Å²) in [5, 5.41) is 32.2. The van der Waals surface area contributed by atoms with E-state index in [9.17, 15) is 19.2 Å². The van der Waals surface area contributed by atoms with Gasteiger partial charge in [-0.05, 0) is 155 Å². The zero-order chi connectivity index (χ0) is 87.9. The van der Waals surface area contributed by atoms with Crippen LogP contribution in [0.3, 0.4) is 0 Å². The molecule has 4 radical (unpaired) electrons. The van der Waals surface area contributed by atoms with E-state index in [-0.39, 0.29) is 173 Å². The first-order valence-electron chi connectivity index (χ1n) is 40.8. The summed E-state index contributed by atoms with van der Waals surface area (Å²) in [7, 11) is 0. The average Bonchev–Trinajstić information content (AvgIpc) is 1.58. The molecular formula is C110H98Ir2KN6O10V-4. The molecule has 0 fully saturated rings. The Morgan fingerprint density at radius 3 is 0.938 bits per heavy atom. The van der Waals surface area contributed by atoms with Crippen LogP contribution in [0.2, 0.25) is 0 Å². The largest absolute Gasteiger partial charge is 0.512 e. The number of fused-ring (bicyclic) bond motifs is 10. The van der Waals surface area contributed by atoms with Gasteiger partial charge in [0.15, 0.2) is 0 Å². The van der Waals surface area contributed by atoms with E-state index in [1.54, 1.807) is 0 Å². The summed E-state index contributed by atoms with van der Waals surface area (Å²) < 4.78 is 24.0. The van der Waals surface area contributed by atoms with E-state index in [0.717, 1.165) is 79.0 Å². The maximum atomic E-state index is 13.1. The molecule has 2 N–H and O–H groups in total. The second kappa shape index (κ2) is 53.1. The molecule has 0 aliphatic rings. The second-order valence-electron chi connectivity index (χ2n) is 29.0. The van der Waals surface area contributed by atoms with Crippen LogP contribution in [-0.4, -0.2) is 141 Å². The molecule has 2 atom stereocenters. The van der Waals surface area contributed by atoms with E-state index < -0.39 is 23.3 Å². The van der Waals surface area contributed by atoms with Gasteiger partial charge in [0.05, 0.1) is 40.1 Å². The number of allylic oxidation sites excluding steroid dienone is 2. The molecule has 0 aliphatic carbocycles. The number of nitrogens with zero attached hydrogens (tertiary/aromatic N) is 6. The molecular weight excluding hydrogens is 2040 g/mol. The van der Waals surface area contributed by atoms with E-state index in [4.69, 9.17) is 19.7 Å². The number of pyridine rings is 4. The number of aliphatic hydroxyl groups is 2. The fourth-order valence-corrected chi connectivity index (χ4v) is 14.2. The molecule has 20 heteroatoms. The minimum absolute atomic E-state index is 0. The van der Waals surface area contributed by atoms with E-state index in [0.29, 0.717) is 6.42 Å². The van der Waals surface area contributed by atoms with Gasteiger partial charge in [-0.15, -0.1) is 144 Å².